The summed E-state index contributed by atoms with van der Waals surface area (Å²) < 4.78 is 0.607. The second-order valence-corrected chi connectivity index (χ2v) is 5.58. The summed E-state index contributed by atoms with van der Waals surface area (Å²) in [5.41, 5.74) is 6.52. The highest BCUT2D eigenvalue weighted by molar-refractivity contribution is 9.10. The fourth-order valence-electron chi connectivity index (χ4n) is 1.60. The summed E-state index contributed by atoms with van der Waals surface area (Å²) in [4.78, 5) is 23.0. The highest BCUT2D eigenvalue weighted by Gasteiger charge is 2.21. The predicted octanol–water partition coefficient (Wildman–Crippen LogP) is 2.26. The van der Waals surface area contributed by atoms with Gasteiger partial charge in [-0.15, -0.1) is 0 Å². The molecule has 0 spiro atoms. The molecule has 0 heterocycles. The van der Waals surface area contributed by atoms with Gasteiger partial charge in [0.05, 0.1) is 0 Å². The molecule has 1 aromatic carbocycles. The number of amides is 1. The molecule has 0 aromatic heterocycles. The number of nitrogen functional groups attached to an aromatic ring is 1. The van der Waals surface area contributed by atoms with Crippen LogP contribution >= 0.6 is 15.9 Å². The topological polar surface area (TPSA) is 92.4 Å². The molecule has 1 atom stereocenters. The van der Waals surface area contributed by atoms with Crippen LogP contribution in [0, 0.1) is 5.92 Å². The molecule has 4 N–H and O–H groups in total. The van der Waals surface area contributed by atoms with E-state index in [1.165, 1.54) is 0 Å². The third-order valence-corrected chi connectivity index (χ3v) is 3.26. The third-order valence-electron chi connectivity index (χ3n) is 2.57. The normalized spacial score (nSPS) is 12.2. The highest BCUT2D eigenvalue weighted by Crippen LogP contribution is 2.20. The van der Waals surface area contributed by atoms with Crippen LogP contribution in [0.3, 0.4) is 0 Å². The van der Waals surface area contributed by atoms with Crippen molar-refractivity contribution in [2.75, 3.05) is 5.73 Å². The van der Waals surface area contributed by atoms with Gasteiger partial charge in [0, 0.05) is 15.7 Å². The summed E-state index contributed by atoms with van der Waals surface area (Å²) in [7, 11) is 0. The van der Waals surface area contributed by atoms with Gasteiger partial charge in [-0.3, -0.25) is 4.79 Å². The van der Waals surface area contributed by atoms with Crippen molar-refractivity contribution in [1.82, 2.24) is 5.32 Å². The van der Waals surface area contributed by atoms with Crippen molar-refractivity contribution >= 4 is 33.5 Å². The van der Waals surface area contributed by atoms with Crippen LogP contribution in [0.1, 0.15) is 30.6 Å². The van der Waals surface area contributed by atoms with Crippen molar-refractivity contribution in [2.24, 2.45) is 5.92 Å². The number of nitrogens with two attached hydrogens (primary N) is 1. The van der Waals surface area contributed by atoms with Gasteiger partial charge in [0.1, 0.15) is 6.04 Å². The smallest absolute Gasteiger partial charge is 0.326 e. The lowest BCUT2D eigenvalue weighted by Crippen LogP contribution is -2.41. The molecule has 0 unspecified atom stereocenters. The summed E-state index contributed by atoms with van der Waals surface area (Å²) in [5.74, 6) is -1.27. The molecule has 0 aliphatic rings. The molecular formula is C13H17BrN2O3. The summed E-state index contributed by atoms with van der Waals surface area (Å²) in [6.07, 6.45) is 0.386. The van der Waals surface area contributed by atoms with Crippen LogP contribution in [0.4, 0.5) is 5.69 Å². The Bertz CT molecular complexity index is 489. The lowest BCUT2D eigenvalue weighted by molar-refractivity contribution is -0.139. The number of carbonyl (C=O) groups excluding carboxylic acids is 1. The quantitative estimate of drug-likeness (QED) is 0.723. The molecule has 5 nitrogen and oxygen atoms in total. The van der Waals surface area contributed by atoms with E-state index in [4.69, 9.17) is 10.8 Å². The number of aliphatic carboxylic acids is 1. The van der Waals surface area contributed by atoms with E-state index in [-0.39, 0.29) is 5.92 Å². The second-order valence-electron chi connectivity index (χ2n) is 4.73. The average Bonchev–Trinajstić information content (AvgIpc) is 2.31. The van der Waals surface area contributed by atoms with Crippen molar-refractivity contribution < 1.29 is 14.7 Å². The molecule has 1 aromatic rings. The van der Waals surface area contributed by atoms with Crippen LogP contribution in [0.2, 0.25) is 0 Å². The van der Waals surface area contributed by atoms with Crippen molar-refractivity contribution in [3.63, 3.8) is 0 Å². The first-order valence-corrected chi connectivity index (χ1v) is 6.69. The molecule has 0 saturated heterocycles. The number of hydrogen-bond donors (Lipinski definition) is 3. The fraction of sp³-hybridized carbons (Fsp3) is 0.385. The minimum absolute atomic E-state index is 0.180. The summed E-state index contributed by atoms with van der Waals surface area (Å²) in [6.45, 7) is 3.81. The minimum Gasteiger partial charge on any atom is -0.480 e. The Hall–Kier alpha value is -1.56. The number of benzene rings is 1. The van der Waals surface area contributed by atoms with E-state index >= 15 is 0 Å². The first-order valence-electron chi connectivity index (χ1n) is 5.90. The number of carboxylic acid groups (broad SMARTS) is 1. The molecule has 1 rings (SSSR count). The van der Waals surface area contributed by atoms with Gasteiger partial charge >= 0.3 is 5.97 Å². The first-order chi connectivity index (χ1) is 8.81. The molecule has 0 aliphatic heterocycles. The van der Waals surface area contributed by atoms with Crippen molar-refractivity contribution in [2.45, 2.75) is 26.3 Å². The van der Waals surface area contributed by atoms with E-state index < -0.39 is 17.9 Å². The maximum Gasteiger partial charge on any atom is 0.326 e. The van der Waals surface area contributed by atoms with Crippen molar-refractivity contribution in [3.05, 3.63) is 28.2 Å². The van der Waals surface area contributed by atoms with Crippen molar-refractivity contribution in [3.8, 4) is 0 Å². The molecule has 0 radical (unpaired) electrons. The number of nitrogens with one attached hydrogen (secondary N) is 1. The number of rotatable bonds is 5. The minimum atomic E-state index is -1.03. The van der Waals surface area contributed by atoms with Crippen LogP contribution in [0.15, 0.2) is 22.7 Å². The number of anilines is 1. The van der Waals surface area contributed by atoms with Crippen molar-refractivity contribution in [1.29, 1.82) is 0 Å². The highest BCUT2D eigenvalue weighted by atomic mass is 79.9. The first kappa shape index (κ1) is 15.5. The largest absolute Gasteiger partial charge is 0.480 e. The number of halogens is 1. The van der Waals surface area contributed by atoms with Gasteiger partial charge in [0.15, 0.2) is 0 Å². The van der Waals surface area contributed by atoms with Crippen LogP contribution in [0.25, 0.3) is 0 Å². The van der Waals surface area contributed by atoms with Gasteiger partial charge in [-0.25, -0.2) is 4.79 Å². The average molecular weight is 329 g/mol. The number of carbonyl (C=O) groups is 2. The zero-order valence-electron chi connectivity index (χ0n) is 10.8. The fourth-order valence-corrected chi connectivity index (χ4v) is 1.98. The SMILES string of the molecule is CC(C)C[C@@H](NC(=O)c1ccc(N)c(Br)c1)C(=O)O. The van der Waals surface area contributed by atoms with E-state index in [0.29, 0.717) is 22.1 Å². The standard InChI is InChI=1S/C13H17BrN2O3/c1-7(2)5-11(13(18)19)16-12(17)8-3-4-10(15)9(14)6-8/h3-4,6-7,11H,5,15H2,1-2H3,(H,16,17)(H,18,19)/t11-/m1/s1. The van der Waals surface area contributed by atoms with Gasteiger partial charge in [-0.2, -0.15) is 0 Å². The molecule has 0 aliphatic carbocycles. The summed E-state index contributed by atoms with van der Waals surface area (Å²) in [6, 6.07) is 3.84. The van der Waals surface area contributed by atoms with Gasteiger partial charge in [0.25, 0.3) is 5.91 Å². The second kappa shape index (κ2) is 6.56. The molecule has 0 saturated carbocycles. The van der Waals surface area contributed by atoms with E-state index in [1.807, 2.05) is 13.8 Å². The van der Waals surface area contributed by atoms with Crippen LogP contribution in [-0.4, -0.2) is 23.0 Å². The Kier molecular flexibility index (Phi) is 5.35. The van der Waals surface area contributed by atoms with Gasteiger partial charge in [-0.1, -0.05) is 13.8 Å². The van der Waals surface area contributed by atoms with Crippen LogP contribution in [-0.2, 0) is 4.79 Å². The van der Waals surface area contributed by atoms with Crippen LogP contribution in [0.5, 0.6) is 0 Å². The van der Waals surface area contributed by atoms with Gasteiger partial charge in [0.2, 0.25) is 0 Å². The Morgan fingerprint density at radius 3 is 2.53 bits per heavy atom. The lowest BCUT2D eigenvalue weighted by atomic mass is 10.0. The maximum absolute atomic E-state index is 12.0. The van der Waals surface area contributed by atoms with Gasteiger partial charge in [-0.05, 0) is 46.5 Å². The van der Waals surface area contributed by atoms with Gasteiger partial charge < -0.3 is 16.2 Å². The van der Waals surface area contributed by atoms with E-state index in [2.05, 4.69) is 21.2 Å². The molecule has 0 fully saturated rings. The number of hydrogen-bond acceptors (Lipinski definition) is 3. The Morgan fingerprint density at radius 2 is 2.05 bits per heavy atom. The van der Waals surface area contributed by atoms with E-state index in [9.17, 15) is 9.59 Å². The maximum atomic E-state index is 12.0. The molecule has 0 bridgehead atoms. The Labute approximate surface area is 120 Å². The molecule has 104 valence electrons. The van der Waals surface area contributed by atoms with Crippen LogP contribution < -0.4 is 11.1 Å². The number of carboxylic acids is 1. The molecule has 19 heavy (non-hydrogen) atoms. The Morgan fingerprint density at radius 1 is 1.42 bits per heavy atom. The summed E-state index contributed by atoms with van der Waals surface area (Å²) >= 11 is 3.23. The predicted molar refractivity (Wildman–Crippen MR) is 76.9 cm³/mol. The third kappa shape index (κ3) is 4.55. The zero-order valence-corrected chi connectivity index (χ0v) is 12.4. The zero-order chi connectivity index (χ0) is 14.6. The van der Waals surface area contributed by atoms with E-state index in [0.717, 1.165) is 0 Å². The molecular weight excluding hydrogens is 312 g/mol. The monoisotopic (exact) mass is 328 g/mol. The Balaban J connectivity index is 2.81. The lowest BCUT2D eigenvalue weighted by Gasteiger charge is -2.16. The summed E-state index contributed by atoms with van der Waals surface area (Å²) in [5, 5.41) is 11.6. The molecule has 1 amide bonds. The van der Waals surface area contributed by atoms with E-state index in [1.54, 1.807) is 18.2 Å². The molecule has 6 heteroatoms.